The number of aromatic nitrogens is 1. The molecule has 0 aliphatic carbocycles. The second-order valence-electron chi connectivity index (χ2n) is 6.67. The molecule has 2 atom stereocenters. The number of hydrogen-bond acceptors (Lipinski definition) is 4. The van der Waals surface area contributed by atoms with Gasteiger partial charge in [-0.2, -0.15) is 0 Å². The predicted molar refractivity (Wildman–Crippen MR) is 106 cm³/mol. The van der Waals surface area contributed by atoms with Crippen LogP contribution in [0.1, 0.15) is 23.9 Å². The van der Waals surface area contributed by atoms with Crippen molar-refractivity contribution in [1.29, 1.82) is 0 Å². The molecule has 0 spiro atoms. The Kier molecular flexibility index (Phi) is 5.13. The van der Waals surface area contributed by atoms with Crippen molar-refractivity contribution in [2.45, 2.75) is 18.9 Å². The van der Waals surface area contributed by atoms with Crippen molar-refractivity contribution in [3.05, 3.63) is 59.6 Å². The van der Waals surface area contributed by atoms with E-state index in [2.05, 4.69) is 16.7 Å². The van der Waals surface area contributed by atoms with Crippen LogP contribution in [-0.4, -0.2) is 30.0 Å². The zero-order chi connectivity index (χ0) is 18.6. The number of carbonyl (C=O) groups excluding carboxylic acids is 2. The molecule has 138 valence electrons. The zero-order valence-corrected chi connectivity index (χ0v) is 15.6. The first-order chi connectivity index (χ1) is 13.2. The fourth-order valence-corrected chi connectivity index (χ4v) is 4.68. The van der Waals surface area contributed by atoms with Gasteiger partial charge in [0, 0.05) is 18.5 Å². The molecule has 0 saturated carbocycles. The third kappa shape index (κ3) is 4.15. The summed E-state index contributed by atoms with van der Waals surface area (Å²) < 4.78 is 1.17. The van der Waals surface area contributed by atoms with Gasteiger partial charge in [0.05, 0.1) is 16.8 Å². The predicted octanol–water partition coefficient (Wildman–Crippen LogP) is 2.36. The monoisotopic (exact) mass is 381 g/mol. The van der Waals surface area contributed by atoms with E-state index in [0.29, 0.717) is 5.69 Å². The van der Waals surface area contributed by atoms with Gasteiger partial charge in [-0.05, 0) is 24.3 Å². The van der Waals surface area contributed by atoms with Crippen LogP contribution in [-0.2, 0) is 4.79 Å². The smallest absolute Gasteiger partial charge is 0.319 e. The summed E-state index contributed by atoms with van der Waals surface area (Å²) >= 11 is 1.70. The van der Waals surface area contributed by atoms with Crippen LogP contribution in [0.5, 0.6) is 0 Å². The van der Waals surface area contributed by atoms with Gasteiger partial charge in [-0.15, -0.1) is 11.3 Å². The highest BCUT2D eigenvalue weighted by Gasteiger charge is 2.34. The summed E-state index contributed by atoms with van der Waals surface area (Å²) in [4.78, 5) is 30.3. The summed E-state index contributed by atoms with van der Waals surface area (Å²) in [5, 5.41) is 6.17. The van der Waals surface area contributed by atoms with E-state index in [4.69, 9.17) is 4.98 Å². The van der Waals surface area contributed by atoms with Crippen LogP contribution in [0.15, 0.2) is 54.6 Å². The molecule has 6 nitrogen and oxygen atoms in total. The van der Waals surface area contributed by atoms with Crippen molar-refractivity contribution in [2.24, 2.45) is 0 Å². The molecule has 1 aliphatic rings. The number of quaternary nitrogens is 1. The molecular formula is C20H21N4O2S+. The second kappa shape index (κ2) is 7.85. The number of imide groups is 1. The molecule has 3 amide bonds. The zero-order valence-electron chi connectivity index (χ0n) is 14.8. The molecule has 1 fully saturated rings. The van der Waals surface area contributed by atoms with Crippen LogP contribution < -0.4 is 15.5 Å². The van der Waals surface area contributed by atoms with E-state index in [9.17, 15) is 9.59 Å². The minimum absolute atomic E-state index is 0.213. The van der Waals surface area contributed by atoms with E-state index in [-0.39, 0.29) is 18.5 Å². The number of thiazole rings is 1. The number of para-hydroxylation sites is 2. The lowest BCUT2D eigenvalue weighted by atomic mass is 10.2. The average molecular weight is 381 g/mol. The molecule has 0 bridgehead atoms. The van der Waals surface area contributed by atoms with Crippen molar-refractivity contribution in [3.63, 3.8) is 0 Å². The maximum absolute atomic E-state index is 12.3. The molecule has 7 heteroatoms. The number of nitrogens with zero attached hydrogens (tertiary/aromatic N) is 1. The summed E-state index contributed by atoms with van der Waals surface area (Å²) in [6.45, 7) is 1.18. The largest absolute Gasteiger partial charge is 0.326 e. The molecule has 3 aromatic rings. The van der Waals surface area contributed by atoms with E-state index >= 15 is 0 Å². The summed E-state index contributed by atoms with van der Waals surface area (Å²) in [6.07, 6.45) is 2.07. The van der Waals surface area contributed by atoms with Gasteiger partial charge in [0.25, 0.3) is 5.91 Å². The standard InChI is InChI=1S/C20H20N4O2S/c25-18(23-20(26)21-14-7-2-1-3-8-14)13-24-12-6-10-16(24)19-22-15-9-4-5-11-17(15)27-19/h1-5,7-9,11,16H,6,10,12-13H2,(H2,21,23,25,26)/p+1/t16-/m0/s1. The molecule has 3 N–H and O–H groups in total. The third-order valence-corrected chi connectivity index (χ3v) is 5.91. The van der Waals surface area contributed by atoms with Gasteiger partial charge in [-0.25, -0.2) is 9.78 Å². The Morgan fingerprint density at radius 1 is 1.11 bits per heavy atom. The summed E-state index contributed by atoms with van der Waals surface area (Å²) in [7, 11) is 0. The lowest BCUT2D eigenvalue weighted by Crippen LogP contribution is -3.11. The number of carbonyl (C=O) groups is 2. The molecule has 4 rings (SSSR count). The highest BCUT2D eigenvalue weighted by Crippen LogP contribution is 2.28. The molecule has 27 heavy (non-hydrogen) atoms. The molecule has 1 aliphatic heterocycles. The fourth-order valence-electron chi connectivity index (χ4n) is 3.52. The van der Waals surface area contributed by atoms with Gasteiger partial charge in [0.2, 0.25) is 0 Å². The van der Waals surface area contributed by atoms with Crippen molar-refractivity contribution >= 4 is 39.2 Å². The van der Waals surface area contributed by atoms with Gasteiger partial charge >= 0.3 is 6.03 Å². The molecular weight excluding hydrogens is 360 g/mol. The molecule has 1 aromatic heterocycles. The van der Waals surface area contributed by atoms with E-state index in [1.807, 2.05) is 36.4 Å². The Bertz CT molecular complexity index is 924. The quantitative estimate of drug-likeness (QED) is 0.649. The van der Waals surface area contributed by atoms with Crippen LogP contribution in [0.2, 0.25) is 0 Å². The summed E-state index contributed by atoms with van der Waals surface area (Å²) in [5.74, 6) is -0.272. The van der Waals surface area contributed by atoms with E-state index in [1.165, 1.54) is 9.60 Å². The average Bonchev–Trinajstić information content (AvgIpc) is 3.28. The fraction of sp³-hybridized carbons (Fsp3) is 0.250. The normalized spacial score (nSPS) is 19.1. The Morgan fingerprint density at radius 3 is 2.70 bits per heavy atom. The van der Waals surface area contributed by atoms with E-state index in [1.54, 1.807) is 23.5 Å². The van der Waals surface area contributed by atoms with Gasteiger partial charge in [0.15, 0.2) is 11.6 Å². The number of fused-ring (bicyclic) bond motifs is 1. The van der Waals surface area contributed by atoms with Crippen LogP contribution in [0.4, 0.5) is 10.5 Å². The van der Waals surface area contributed by atoms with Gasteiger partial charge < -0.3 is 10.2 Å². The van der Waals surface area contributed by atoms with Crippen LogP contribution >= 0.6 is 11.3 Å². The maximum Gasteiger partial charge on any atom is 0.326 e. The van der Waals surface area contributed by atoms with Gasteiger partial charge in [0.1, 0.15) is 6.04 Å². The minimum atomic E-state index is -0.499. The van der Waals surface area contributed by atoms with Crippen molar-refractivity contribution < 1.29 is 14.5 Å². The van der Waals surface area contributed by atoms with Crippen LogP contribution in [0, 0.1) is 0 Å². The minimum Gasteiger partial charge on any atom is -0.319 e. The maximum atomic E-state index is 12.3. The SMILES string of the molecule is O=C(C[NH+]1CCC[C@H]1c1nc2ccccc2s1)NC(=O)Nc1ccccc1. The highest BCUT2D eigenvalue weighted by molar-refractivity contribution is 7.18. The number of likely N-dealkylation sites (tertiary alicyclic amines) is 1. The van der Waals surface area contributed by atoms with Gasteiger partial charge in [-0.1, -0.05) is 30.3 Å². The lowest BCUT2D eigenvalue weighted by Gasteiger charge is -2.19. The molecule has 2 aromatic carbocycles. The first kappa shape index (κ1) is 17.6. The topological polar surface area (TPSA) is 75.5 Å². The number of urea groups is 1. The van der Waals surface area contributed by atoms with E-state index < -0.39 is 6.03 Å². The highest BCUT2D eigenvalue weighted by atomic mass is 32.1. The first-order valence-corrected chi connectivity index (χ1v) is 9.86. The number of rotatable bonds is 4. The molecule has 1 saturated heterocycles. The Hall–Kier alpha value is -2.77. The second-order valence-corrected chi connectivity index (χ2v) is 7.73. The van der Waals surface area contributed by atoms with Crippen molar-refractivity contribution in [2.75, 3.05) is 18.4 Å². The Balaban J connectivity index is 1.37. The van der Waals surface area contributed by atoms with E-state index in [0.717, 1.165) is 29.9 Å². The summed E-state index contributed by atoms with van der Waals surface area (Å²) in [5.41, 5.74) is 1.67. The number of nitrogens with one attached hydrogen (secondary N) is 3. The first-order valence-electron chi connectivity index (χ1n) is 9.05. The van der Waals surface area contributed by atoms with Crippen molar-refractivity contribution in [3.8, 4) is 0 Å². The Morgan fingerprint density at radius 2 is 1.89 bits per heavy atom. The molecule has 1 unspecified atom stereocenters. The van der Waals surface area contributed by atoms with Crippen molar-refractivity contribution in [1.82, 2.24) is 10.3 Å². The number of amides is 3. The van der Waals surface area contributed by atoms with Crippen LogP contribution in [0.25, 0.3) is 10.2 Å². The number of anilines is 1. The number of hydrogen-bond donors (Lipinski definition) is 3. The third-order valence-electron chi connectivity index (χ3n) is 4.76. The molecule has 0 radical (unpaired) electrons. The van der Waals surface area contributed by atoms with Crippen LogP contribution in [0.3, 0.4) is 0 Å². The summed E-state index contributed by atoms with van der Waals surface area (Å²) in [6, 6.07) is 16.9. The Labute approximate surface area is 161 Å². The molecule has 2 heterocycles. The number of benzene rings is 2. The van der Waals surface area contributed by atoms with Gasteiger partial charge in [-0.3, -0.25) is 10.1 Å². The lowest BCUT2D eigenvalue weighted by molar-refractivity contribution is -0.910.